The first-order chi connectivity index (χ1) is 9.76. The van der Waals surface area contributed by atoms with Gasteiger partial charge in [-0.1, -0.05) is 38.7 Å². The fourth-order valence-corrected chi connectivity index (χ4v) is 2.67. The molecule has 1 aromatic carbocycles. The van der Waals surface area contributed by atoms with Crippen molar-refractivity contribution in [1.29, 1.82) is 0 Å². The molecule has 0 spiro atoms. The maximum atomic E-state index is 6.06. The average molecular weight is 275 g/mol. The van der Waals surface area contributed by atoms with Crippen molar-refractivity contribution < 1.29 is 4.74 Å². The van der Waals surface area contributed by atoms with Gasteiger partial charge in [0.2, 0.25) is 0 Å². The molecule has 1 aromatic rings. The van der Waals surface area contributed by atoms with Gasteiger partial charge >= 0.3 is 0 Å². The number of unbranched alkanes of at least 4 members (excludes halogenated alkanes) is 3. The van der Waals surface area contributed by atoms with Crippen molar-refractivity contribution >= 4 is 11.6 Å². The number of anilines is 1. The van der Waals surface area contributed by atoms with E-state index in [1.165, 1.54) is 25.7 Å². The monoisotopic (exact) mass is 275 g/mol. The molecule has 1 unspecified atom stereocenters. The molecule has 0 aromatic heterocycles. The number of methoxy groups -OCH3 is 1. The third-order valence-corrected chi connectivity index (χ3v) is 3.80. The predicted octanol–water partition coefficient (Wildman–Crippen LogP) is 3.17. The summed E-state index contributed by atoms with van der Waals surface area (Å²) >= 11 is 0. The Morgan fingerprint density at radius 2 is 2.20 bits per heavy atom. The maximum Gasteiger partial charge on any atom is 0.196 e. The van der Waals surface area contributed by atoms with Crippen LogP contribution < -0.4 is 15.4 Å². The minimum absolute atomic E-state index is 0.388. The summed E-state index contributed by atoms with van der Waals surface area (Å²) in [5.41, 5.74) is 7.13. The lowest BCUT2D eigenvalue weighted by atomic mass is 10.1. The lowest BCUT2D eigenvalue weighted by Crippen LogP contribution is -2.40. The molecule has 0 saturated heterocycles. The van der Waals surface area contributed by atoms with Gasteiger partial charge in [0.15, 0.2) is 5.96 Å². The van der Waals surface area contributed by atoms with Crippen LogP contribution in [-0.2, 0) is 0 Å². The fraction of sp³-hybridized carbons (Fsp3) is 0.562. The Hall–Kier alpha value is -1.71. The van der Waals surface area contributed by atoms with Gasteiger partial charge in [0.05, 0.1) is 19.7 Å². The lowest BCUT2D eigenvalue weighted by Gasteiger charge is -2.26. The van der Waals surface area contributed by atoms with Crippen molar-refractivity contribution in [3.63, 3.8) is 0 Å². The first kappa shape index (κ1) is 14.7. The summed E-state index contributed by atoms with van der Waals surface area (Å²) in [7, 11) is 1.68. The minimum atomic E-state index is 0.388. The maximum absolute atomic E-state index is 6.06. The number of guanidine groups is 1. The van der Waals surface area contributed by atoms with E-state index in [1.54, 1.807) is 7.11 Å². The van der Waals surface area contributed by atoms with E-state index in [4.69, 9.17) is 10.5 Å². The van der Waals surface area contributed by atoms with E-state index in [0.29, 0.717) is 12.0 Å². The molecular formula is C16H25N3O. The molecule has 110 valence electrons. The molecule has 1 aliphatic rings. The molecule has 2 N–H and O–H groups in total. The van der Waals surface area contributed by atoms with Crippen molar-refractivity contribution in [2.75, 3.05) is 18.6 Å². The second kappa shape index (κ2) is 7.17. The molecule has 0 saturated carbocycles. The van der Waals surface area contributed by atoms with Gasteiger partial charge in [-0.15, -0.1) is 0 Å². The second-order valence-electron chi connectivity index (χ2n) is 5.27. The van der Waals surface area contributed by atoms with Crippen LogP contribution in [0.15, 0.2) is 29.3 Å². The van der Waals surface area contributed by atoms with E-state index in [2.05, 4.69) is 22.9 Å². The Labute approximate surface area is 121 Å². The van der Waals surface area contributed by atoms with Crippen molar-refractivity contribution in [2.24, 2.45) is 10.7 Å². The van der Waals surface area contributed by atoms with Crippen molar-refractivity contribution in [3.8, 4) is 5.75 Å². The number of nitrogens with zero attached hydrogens (tertiary/aromatic N) is 2. The summed E-state index contributed by atoms with van der Waals surface area (Å²) in [4.78, 5) is 6.56. The highest BCUT2D eigenvalue weighted by Gasteiger charge is 2.27. The van der Waals surface area contributed by atoms with E-state index in [9.17, 15) is 0 Å². The van der Waals surface area contributed by atoms with Crippen LogP contribution in [0.4, 0.5) is 5.69 Å². The zero-order valence-electron chi connectivity index (χ0n) is 12.5. The number of hydrogen-bond acceptors (Lipinski definition) is 4. The Balaban J connectivity index is 2.03. The van der Waals surface area contributed by atoms with E-state index >= 15 is 0 Å². The minimum Gasteiger partial charge on any atom is -0.497 e. The standard InChI is InChI=1S/C16H25N3O/c1-3-4-5-6-8-14-12-18-16(17)19(14)13-9-7-10-15(11-13)20-2/h7,9-11,14H,3-6,8,12H2,1-2H3,(H2,17,18). The highest BCUT2D eigenvalue weighted by atomic mass is 16.5. The number of benzene rings is 1. The number of aliphatic imine (C=N–C) groups is 1. The largest absolute Gasteiger partial charge is 0.497 e. The molecule has 1 heterocycles. The SMILES string of the molecule is CCCCCCC1CN=C(N)N1c1cccc(OC)c1. The van der Waals surface area contributed by atoms with Crippen molar-refractivity contribution in [2.45, 2.75) is 45.1 Å². The van der Waals surface area contributed by atoms with Gasteiger partial charge in [0.25, 0.3) is 0 Å². The number of hydrogen-bond donors (Lipinski definition) is 1. The van der Waals surface area contributed by atoms with Crippen LogP contribution in [0.3, 0.4) is 0 Å². The van der Waals surface area contributed by atoms with Crippen molar-refractivity contribution in [1.82, 2.24) is 0 Å². The van der Waals surface area contributed by atoms with Gasteiger partial charge < -0.3 is 15.4 Å². The van der Waals surface area contributed by atoms with Gasteiger partial charge in [-0.05, 0) is 18.6 Å². The summed E-state index contributed by atoms with van der Waals surface area (Å²) in [5, 5.41) is 0. The topological polar surface area (TPSA) is 50.8 Å². The molecule has 2 rings (SSSR count). The quantitative estimate of drug-likeness (QED) is 0.778. The number of nitrogens with two attached hydrogens (primary N) is 1. The van der Waals surface area contributed by atoms with Crippen LogP contribution in [-0.4, -0.2) is 25.7 Å². The third kappa shape index (κ3) is 3.44. The lowest BCUT2D eigenvalue weighted by molar-refractivity contribution is 0.415. The van der Waals surface area contributed by atoms with Gasteiger partial charge in [-0.25, -0.2) is 0 Å². The summed E-state index contributed by atoms with van der Waals surface area (Å²) in [5.74, 6) is 1.48. The van der Waals surface area contributed by atoms with Gasteiger partial charge in [-0.2, -0.15) is 0 Å². The normalized spacial score (nSPS) is 18.2. The average Bonchev–Trinajstić information content (AvgIpc) is 2.84. The van der Waals surface area contributed by atoms with Crippen molar-refractivity contribution in [3.05, 3.63) is 24.3 Å². The van der Waals surface area contributed by atoms with Crippen LogP contribution in [0.1, 0.15) is 39.0 Å². The van der Waals surface area contributed by atoms with Crippen LogP contribution in [0.25, 0.3) is 0 Å². The Morgan fingerprint density at radius 1 is 1.35 bits per heavy atom. The van der Waals surface area contributed by atoms with Crippen LogP contribution in [0, 0.1) is 0 Å². The zero-order chi connectivity index (χ0) is 14.4. The number of rotatable bonds is 7. The molecule has 4 heteroatoms. The molecule has 0 aliphatic carbocycles. The van der Waals surface area contributed by atoms with Gasteiger partial charge in [-0.3, -0.25) is 4.99 Å². The molecule has 0 amide bonds. The summed E-state index contributed by atoms with van der Waals surface area (Å²) in [6.45, 7) is 3.04. The second-order valence-corrected chi connectivity index (χ2v) is 5.27. The molecule has 1 aliphatic heterocycles. The molecule has 1 atom stereocenters. The predicted molar refractivity (Wildman–Crippen MR) is 84.5 cm³/mol. The van der Waals surface area contributed by atoms with Gasteiger partial charge in [0.1, 0.15) is 5.75 Å². The molecular weight excluding hydrogens is 250 g/mol. The smallest absolute Gasteiger partial charge is 0.196 e. The van der Waals surface area contributed by atoms with E-state index in [1.807, 2.05) is 18.2 Å². The Morgan fingerprint density at radius 3 is 2.95 bits per heavy atom. The van der Waals surface area contributed by atoms with E-state index < -0.39 is 0 Å². The Bertz CT molecular complexity index is 459. The van der Waals surface area contributed by atoms with E-state index in [0.717, 1.165) is 24.4 Å². The van der Waals surface area contributed by atoms with Gasteiger partial charge in [0, 0.05) is 11.8 Å². The molecule has 20 heavy (non-hydrogen) atoms. The third-order valence-electron chi connectivity index (χ3n) is 3.80. The highest BCUT2D eigenvalue weighted by Crippen LogP contribution is 2.27. The van der Waals surface area contributed by atoms with Crippen LogP contribution >= 0.6 is 0 Å². The summed E-state index contributed by atoms with van der Waals surface area (Å²) in [6.07, 6.45) is 6.24. The molecule has 0 radical (unpaired) electrons. The molecule has 0 fully saturated rings. The summed E-state index contributed by atoms with van der Waals surface area (Å²) in [6, 6.07) is 8.41. The first-order valence-corrected chi connectivity index (χ1v) is 7.49. The first-order valence-electron chi connectivity index (χ1n) is 7.49. The summed E-state index contributed by atoms with van der Waals surface area (Å²) < 4.78 is 5.29. The van der Waals surface area contributed by atoms with Crippen LogP contribution in [0.5, 0.6) is 5.75 Å². The zero-order valence-corrected chi connectivity index (χ0v) is 12.5. The molecule has 0 bridgehead atoms. The molecule has 4 nitrogen and oxygen atoms in total. The Kier molecular flexibility index (Phi) is 5.27. The van der Waals surface area contributed by atoms with Crippen LogP contribution in [0.2, 0.25) is 0 Å². The van der Waals surface area contributed by atoms with E-state index in [-0.39, 0.29) is 0 Å². The fourth-order valence-electron chi connectivity index (χ4n) is 2.67. The highest BCUT2D eigenvalue weighted by molar-refractivity contribution is 5.97. The number of ether oxygens (including phenoxy) is 1.